The minimum absolute atomic E-state index is 0.124. The molecule has 0 amide bonds. The zero-order valence-corrected chi connectivity index (χ0v) is 9.03. The van der Waals surface area contributed by atoms with Crippen molar-refractivity contribution in [3.8, 4) is 0 Å². The molecule has 1 aromatic rings. The van der Waals surface area contributed by atoms with Gasteiger partial charge in [0.25, 0.3) is 0 Å². The van der Waals surface area contributed by atoms with Crippen LogP contribution in [0.15, 0.2) is 18.2 Å². The Kier molecular flexibility index (Phi) is 2.96. The number of benzene rings is 1. The van der Waals surface area contributed by atoms with Crippen molar-refractivity contribution < 1.29 is 4.39 Å². The van der Waals surface area contributed by atoms with Crippen molar-refractivity contribution in [2.75, 3.05) is 16.8 Å². The molecule has 0 bridgehead atoms. The van der Waals surface area contributed by atoms with Crippen molar-refractivity contribution in [2.45, 2.75) is 19.4 Å². The first-order valence-corrected chi connectivity index (χ1v) is 6.02. The largest absolute Gasteiger partial charge is 0.381 e. The van der Waals surface area contributed by atoms with E-state index in [0.29, 0.717) is 6.04 Å². The maximum atomic E-state index is 13.2. The van der Waals surface area contributed by atoms with Crippen LogP contribution < -0.4 is 5.32 Å². The van der Waals surface area contributed by atoms with E-state index in [4.69, 9.17) is 0 Å². The maximum absolute atomic E-state index is 13.2. The summed E-state index contributed by atoms with van der Waals surface area (Å²) in [6, 6.07) is 5.72. The van der Waals surface area contributed by atoms with Gasteiger partial charge in [-0.05, 0) is 31.2 Å². The van der Waals surface area contributed by atoms with E-state index >= 15 is 0 Å². The van der Waals surface area contributed by atoms with Crippen LogP contribution in [0.2, 0.25) is 0 Å². The Labute approximate surface area is 88.1 Å². The minimum Gasteiger partial charge on any atom is -0.381 e. The number of hydrogen-bond donors (Lipinski definition) is 1. The van der Waals surface area contributed by atoms with Crippen LogP contribution in [0.4, 0.5) is 10.1 Å². The van der Waals surface area contributed by atoms with Crippen LogP contribution in [-0.2, 0) is 0 Å². The molecule has 0 saturated carbocycles. The summed E-state index contributed by atoms with van der Waals surface area (Å²) in [6.07, 6.45) is 1.18. The Morgan fingerprint density at radius 2 is 2.36 bits per heavy atom. The van der Waals surface area contributed by atoms with E-state index in [1.807, 2.05) is 24.8 Å². The fraction of sp³-hybridized carbons (Fsp3) is 0.455. The zero-order chi connectivity index (χ0) is 9.97. The van der Waals surface area contributed by atoms with Crippen LogP contribution in [-0.4, -0.2) is 17.5 Å². The second kappa shape index (κ2) is 4.22. The van der Waals surface area contributed by atoms with Crippen LogP contribution in [0.1, 0.15) is 12.0 Å². The van der Waals surface area contributed by atoms with Crippen molar-refractivity contribution in [3.63, 3.8) is 0 Å². The van der Waals surface area contributed by atoms with Gasteiger partial charge in [-0.2, -0.15) is 11.8 Å². The van der Waals surface area contributed by atoms with Gasteiger partial charge in [0.2, 0.25) is 0 Å². The average Bonchev–Trinajstić information content (AvgIpc) is 2.66. The molecule has 3 heteroatoms. The summed E-state index contributed by atoms with van der Waals surface area (Å²) in [5.74, 6) is 2.22. The molecule has 1 fully saturated rings. The van der Waals surface area contributed by atoms with E-state index in [9.17, 15) is 4.39 Å². The third-order valence-electron chi connectivity index (χ3n) is 2.56. The summed E-state index contributed by atoms with van der Waals surface area (Å²) in [7, 11) is 0. The summed E-state index contributed by atoms with van der Waals surface area (Å²) in [4.78, 5) is 0. The molecule has 1 N–H and O–H groups in total. The topological polar surface area (TPSA) is 12.0 Å². The van der Waals surface area contributed by atoms with Gasteiger partial charge in [-0.3, -0.25) is 0 Å². The van der Waals surface area contributed by atoms with E-state index < -0.39 is 0 Å². The summed E-state index contributed by atoms with van der Waals surface area (Å²) >= 11 is 1.96. The molecule has 0 aromatic heterocycles. The zero-order valence-electron chi connectivity index (χ0n) is 8.22. The van der Waals surface area contributed by atoms with E-state index in [1.54, 1.807) is 6.07 Å². The van der Waals surface area contributed by atoms with Gasteiger partial charge in [0, 0.05) is 23.0 Å². The van der Waals surface area contributed by atoms with Crippen LogP contribution in [0.5, 0.6) is 0 Å². The highest BCUT2D eigenvalue weighted by molar-refractivity contribution is 7.99. The highest BCUT2D eigenvalue weighted by Crippen LogP contribution is 2.24. The molecule has 0 spiro atoms. The Bertz CT molecular complexity index is 321. The monoisotopic (exact) mass is 211 g/mol. The van der Waals surface area contributed by atoms with Gasteiger partial charge < -0.3 is 5.32 Å². The standard InChI is InChI=1S/C11H14FNS/c1-8-10(12)3-2-4-11(8)13-9-5-6-14-7-9/h2-4,9,13H,5-7H2,1H3/t9-/m0/s1. The number of thioether (sulfide) groups is 1. The molecule has 1 nitrogen and oxygen atoms in total. The van der Waals surface area contributed by atoms with Gasteiger partial charge in [-0.1, -0.05) is 6.07 Å². The van der Waals surface area contributed by atoms with Crippen LogP contribution >= 0.6 is 11.8 Å². The first kappa shape index (κ1) is 9.84. The second-order valence-corrected chi connectivity index (χ2v) is 4.77. The molecular formula is C11H14FNS. The lowest BCUT2D eigenvalue weighted by Crippen LogP contribution is -2.18. The summed E-state index contributed by atoms with van der Waals surface area (Å²) in [5.41, 5.74) is 1.67. The van der Waals surface area contributed by atoms with Gasteiger partial charge >= 0.3 is 0 Å². The lowest BCUT2D eigenvalue weighted by molar-refractivity contribution is 0.618. The van der Waals surface area contributed by atoms with Gasteiger partial charge in [-0.25, -0.2) is 4.39 Å². The normalized spacial score (nSPS) is 21.1. The second-order valence-electron chi connectivity index (χ2n) is 3.62. The fourth-order valence-corrected chi connectivity index (χ4v) is 2.78. The molecule has 1 heterocycles. The number of nitrogens with one attached hydrogen (secondary N) is 1. The van der Waals surface area contributed by atoms with Gasteiger partial charge in [0.15, 0.2) is 0 Å². The third-order valence-corrected chi connectivity index (χ3v) is 3.72. The van der Waals surface area contributed by atoms with E-state index in [-0.39, 0.29) is 5.82 Å². The molecule has 1 aliphatic rings. The van der Waals surface area contributed by atoms with Gasteiger partial charge in [0.1, 0.15) is 5.82 Å². The van der Waals surface area contributed by atoms with Gasteiger partial charge in [-0.15, -0.1) is 0 Å². The fourth-order valence-electron chi connectivity index (χ4n) is 1.63. The molecule has 1 aliphatic heterocycles. The van der Waals surface area contributed by atoms with Crippen LogP contribution in [0.25, 0.3) is 0 Å². The van der Waals surface area contributed by atoms with Crippen LogP contribution in [0, 0.1) is 12.7 Å². The lowest BCUT2D eigenvalue weighted by Gasteiger charge is -2.15. The summed E-state index contributed by atoms with van der Waals surface area (Å²) < 4.78 is 13.2. The van der Waals surface area contributed by atoms with E-state index in [2.05, 4.69) is 5.32 Å². The number of halogens is 1. The summed E-state index contributed by atoms with van der Waals surface area (Å²) in [5, 5.41) is 3.39. The maximum Gasteiger partial charge on any atom is 0.128 e. The van der Waals surface area contributed by atoms with Crippen molar-refractivity contribution >= 4 is 17.4 Å². The average molecular weight is 211 g/mol. The Hall–Kier alpha value is -0.700. The first-order valence-electron chi connectivity index (χ1n) is 4.87. The molecule has 1 atom stereocenters. The van der Waals surface area contributed by atoms with E-state index in [0.717, 1.165) is 17.0 Å². The van der Waals surface area contributed by atoms with Crippen molar-refractivity contribution in [2.24, 2.45) is 0 Å². The highest BCUT2D eigenvalue weighted by atomic mass is 32.2. The van der Waals surface area contributed by atoms with Crippen molar-refractivity contribution in [3.05, 3.63) is 29.6 Å². The molecule has 0 radical (unpaired) electrons. The molecule has 14 heavy (non-hydrogen) atoms. The SMILES string of the molecule is Cc1c(F)cccc1N[C@H]1CCSC1. The summed E-state index contributed by atoms with van der Waals surface area (Å²) in [6.45, 7) is 1.82. The molecule has 0 aliphatic carbocycles. The Morgan fingerprint density at radius 1 is 1.50 bits per heavy atom. The Morgan fingerprint density at radius 3 is 3.07 bits per heavy atom. The third kappa shape index (κ3) is 2.03. The van der Waals surface area contributed by atoms with E-state index in [1.165, 1.54) is 18.2 Å². The molecule has 1 aromatic carbocycles. The number of hydrogen-bond acceptors (Lipinski definition) is 2. The molecule has 76 valence electrons. The minimum atomic E-state index is -0.124. The lowest BCUT2D eigenvalue weighted by atomic mass is 10.1. The first-order chi connectivity index (χ1) is 6.77. The molecule has 2 rings (SSSR count). The highest BCUT2D eigenvalue weighted by Gasteiger charge is 2.16. The predicted molar refractivity (Wildman–Crippen MR) is 60.5 cm³/mol. The quantitative estimate of drug-likeness (QED) is 0.807. The van der Waals surface area contributed by atoms with Gasteiger partial charge in [0.05, 0.1) is 0 Å². The van der Waals surface area contributed by atoms with Crippen molar-refractivity contribution in [1.82, 2.24) is 0 Å². The Balaban J connectivity index is 2.11. The number of anilines is 1. The molecular weight excluding hydrogens is 197 g/mol. The molecule has 0 unspecified atom stereocenters. The number of rotatable bonds is 2. The predicted octanol–water partition coefficient (Wildman–Crippen LogP) is 3.05. The molecule has 1 saturated heterocycles. The van der Waals surface area contributed by atoms with Crippen molar-refractivity contribution in [1.29, 1.82) is 0 Å². The van der Waals surface area contributed by atoms with Crippen LogP contribution in [0.3, 0.4) is 0 Å². The smallest absolute Gasteiger partial charge is 0.128 e.